The SMILES string of the molecule is COc1ccc(OC(C)C(=O)N2CC(=O)Nc3ccccc32)cc1. The van der Waals surface area contributed by atoms with Crippen molar-refractivity contribution in [2.45, 2.75) is 13.0 Å². The molecule has 0 fully saturated rings. The van der Waals surface area contributed by atoms with E-state index in [9.17, 15) is 9.59 Å². The Balaban J connectivity index is 1.76. The highest BCUT2D eigenvalue weighted by molar-refractivity contribution is 6.10. The van der Waals surface area contributed by atoms with Crippen LogP contribution in [0.5, 0.6) is 11.5 Å². The van der Waals surface area contributed by atoms with Crippen LogP contribution >= 0.6 is 0 Å². The van der Waals surface area contributed by atoms with E-state index in [0.717, 1.165) is 0 Å². The van der Waals surface area contributed by atoms with Gasteiger partial charge < -0.3 is 14.8 Å². The van der Waals surface area contributed by atoms with Gasteiger partial charge in [0, 0.05) is 0 Å². The van der Waals surface area contributed by atoms with Crippen LogP contribution in [0.1, 0.15) is 6.92 Å². The van der Waals surface area contributed by atoms with Crippen molar-refractivity contribution in [3.63, 3.8) is 0 Å². The molecule has 1 atom stereocenters. The lowest BCUT2D eigenvalue weighted by atomic mass is 10.1. The Kier molecular flexibility index (Phi) is 4.37. The average molecular weight is 326 g/mol. The molecular formula is C18H18N2O4. The van der Waals surface area contributed by atoms with E-state index >= 15 is 0 Å². The van der Waals surface area contributed by atoms with Gasteiger partial charge in [-0.25, -0.2) is 0 Å². The molecule has 6 nitrogen and oxygen atoms in total. The molecule has 0 spiro atoms. The number of hydrogen-bond acceptors (Lipinski definition) is 4. The monoisotopic (exact) mass is 326 g/mol. The summed E-state index contributed by atoms with van der Waals surface area (Å²) in [6, 6.07) is 14.2. The van der Waals surface area contributed by atoms with Gasteiger partial charge >= 0.3 is 0 Å². The number of carbonyl (C=O) groups is 2. The number of amides is 2. The lowest BCUT2D eigenvalue weighted by molar-refractivity contribution is -0.126. The fourth-order valence-electron chi connectivity index (χ4n) is 2.56. The van der Waals surface area contributed by atoms with Gasteiger partial charge in [0.05, 0.1) is 18.5 Å². The summed E-state index contributed by atoms with van der Waals surface area (Å²) >= 11 is 0. The van der Waals surface area contributed by atoms with Crippen LogP contribution < -0.4 is 19.7 Å². The number of carbonyl (C=O) groups excluding carboxylic acids is 2. The molecule has 0 saturated carbocycles. The Morgan fingerprint density at radius 2 is 1.79 bits per heavy atom. The summed E-state index contributed by atoms with van der Waals surface area (Å²) in [5.74, 6) is 0.779. The quantitative estimate of drug-likeness (QED) is 0.937. The third kappa shape index (κ3) is 3.17. The summed E-state index contributed by atoms with van der Waals surface area (Å²) in [7, 11) is 1.58. The molecule has 0 saturated heterocycles. The maximum Gasteiger partial charge on any atom is 0.268 e. The van der Waals surface area contributed by atoms with E-state index in [-0.39, 0.29) is 18.4 Å². The number of nitrogens with one attached hydrogen (secondary N) is 1. The third-order valence-corrected chi connectivity index (χ3v) is 3.76. The predicted molar refractivity (Wildman–Crippen MR) is 90.5 cm³/mol. The average Bonchev–Trinajstić information content (AvgIpc) is 2.61. The van der Waals surface area contributed by atoms with E-state index in [0.29, 0.717) is 22.9 Å². The molecule has 1 aliphatic rings. The van der Waals surface area contributed by atoms with Crippen LogP contribution in [0.4, 0.5) is 11.4 Å². The van der Waals surface area contributed by atoms with Crippen molar-refractivity contribution in [2.24, 2.45) is 0 Å². The third-order valence-electron chi connectivity index (χ3n) is 3.76. The van der Waals surface area contributed by atoms with Gasteiger partial charge in [0.1, 0.15) is 18.0 Å². The fourth-order valence-corrected chi connectivity index (χ4v) is 2.56. The summed E-state index contributed by atoms with van der Waals surface area (Å²) in [6.45, 7) is 1.65. The Labute approximate surface area is 140 Å². The molecule has 2 amide bonds. The van der Waals surface area contributed by atoms with Crippen molar-refractivity contribution in [3.8, 4) is 11.5 Å². The second kappa shape index (κ2) is 6.62. The summed E-state index contributed by atoms with van der Waals surface area (Å²) in [4.78, 5) is 26.0. The smallest absolute Gasteiger partial charge is 0.268 e. The van der Waals surface area contributed by atoms with Crippen LogP contribution in [-0.2, 0) is 9.59 Å². The zero-order valence-corrected chi connectivity index (χ0v) is 13.5. The molecule has 0 aromatic heterocycles. The molecule has 0 radical (unpaired) electrons. The number of rotatable bonds is 4. The fraction of sp³-hybridized carbons (Fsp3) is 0.222. The molecule has 6 heteroatoms. The van der Waals surface area contributed by atoms with E-state index in [1.165, 1.54) is 4.90 Å². The van der Waals surface area contributed by atoms with Crippen LogP contribution in [0.3, 0.4) is 0 Å². The number of nitrogens with zero attached hydrogens (tertiary/aromatic N) is 1. The summed E-state index contributed by atoms with van der Waals surface area (Å²) in [6.07, 6.45) is -0.725. The lowest BCUT2D eigenvalue weighted by Gasteiger charge is -2.31. The first-order chi connectivity index (χ1) is 11.6. The molecule has 1 unspecified atom stereocenters. The van der Waals surface area contributed by atoms with Crippen LogP contribution in [0.2, 0.25) is 0 Å². The molecule has 1 aliphatic heterocycles. The van der Waals surface area contributed by atoms with Gasteiger partial charge in [-0.15, -0.1) is 0 Å². The van der Waals surface area contributed by atoms with Crippen LogP contribution in [0, 0.1) is 0 Å². The number of anilines is 2. The number of benzene rings is 2. The van der Waals surface area contributed by atoms with Crippen molar-refractivity contribution in [3.05, 3.63) is 48.5 Å². The summed E-state index contributed by atoms with van der Waals surface area (Å²) < 4.78 is 10.8. The Bertz CT molecular complexity index is 758. The van der Waals surface area contributed by atoms with E-state index < -0.39 is 6.10 Å². The van der Waals surface area contributed by atoms with Gasteiger partial charge in [0.25, 0.3) is 5.91 Å². The minimum Gasteiger partial charge on any atom is -0.497 e. The number of fused-ring (bicyclic) bond motifs is 1. The highest BCUT2D eigenvalue weighted by Crippen LogP contribution is 2.29. The summed E-state index contributed by atoms with van der Waals surface area (Å²) in [5, 5.41) is 2.76. The minimum atomic E-state index is -0.725. The van der Waals surface area contributed by atoms with Gasteiger partial charge in [0.15, 0.2) is 6.10 Å². The maximum atomic E-state index is 12.7. The predicted octanol–water partition coefficient (Wildman–Crippen LogP) is 2.45. The first kappa shape index (κ1) is 15.9. The van der Waals surface area contributed by atoms with Crippen molar-refractivity contribution >= 4 is 23.2 Å². The molecular weight excluding hydrogens is 308 g/mol. The van der Waals surface area contributed by atoms with Gasteiger partial charge in [0.2, 0.25) is 5.91 Å². The maximum absolute atomic E-state index is 12.7. The topological polar surface area (TPSA) is 67.9 Å². The first-order valence-corrected chi connectivity index (χ1v) is 7.59. The molecule has 0 bridgehead atoms. The number of hydrogen-bond donors (Lipinski definition) is 1. The van der Waals surface area contributed by atoms with E-state index in [1.54, 1.807) is 50.4 Å². The summed E-state index contributed by atoms with van der Waals surface area (Å²) in [5.41, 5.74) is 1.30. The second-order valence-corrected chi connectivity index (χ2v) is 5.43. The number of methoxy groups -OCH3 is 1. The van der Waals surface area contributed by atoms with E-state index in [2.05, 4.69) is 5.32 Å². The van der Waals surface area contributed by atoms with Crippen LogP contribution in [0.25, 0.3) is 0 Å². The zero-order chi connectivity index (χ0) is 17.1. The van der Waals surface area contributed by atoms with Crippen molar-refractivity contribution in [1.82, 2.24) is 0 Å². The van der Waals surface area contributed by atoms with E-state index in [1.807, 2.05) is 12.1 Å². The minimum absolute atomic E-state index is 0.0217. The highest BCUT2D eigenvalue weighted by Gasteiger charge is 2.30. The Morgan fingerprint density at radius 3 is 2.50 bits per heavy atom. The van der Waals surface area contributed by atoms with Crippen molar-refractivity contribution in [2.75, 3.05) is 23.9 Å². The largest absolute Gasteiger partial charge is 0.497 e. The Hall–Kier alpha value is -3.02. The van der Waals surface area contributed by atoms with Gasteiger partial charge in [-0.3, -0.25) is 14.5 Å². The first-order valence-electron chi connectivity index (χ1n) is 7.59. The van der Waals surface area contributed by atoms with Gasteiger partial charge in [-0.2, -0.15) is 0 Å². The molecule has 2 aromatic rings. The second-order valence-electron chi connectivity index (χ2n) is 5.43. The number of para-hydroxylation sites is 2. The number of ether oxygens (including phenoxy) is 2. The highest BCUT2D eigenvalue weighted by atomic mass is 16.5. The standard InChI is InChI=1S/C18H18N2O4/c1-12(24-14-9-7-13(23-2)8-10-14)18(22)20-11-17(21)19-15-5-3-4-6-16(15)20/h3-10,12H,11H2,1-2H3,(H,19,21). The van der Waals surface area contributed by atoms with Crippen LogP contribution in [-0.4, -0.2) is 31.6 Å². The van der Waals surface area contributed by atoms with Crippen molar-refractivity contribution < 1.29 is 19.1 Å². The molecule has 124 valence electrons. The molecule has 1 heterocycles. The van der Waals surface area contributed by atoms with Gasteiger partial charge in [-0.1, -0.05) is 12.1 Å². The molecule has 3 rings (SSSR count). The van der Waals surface area contributed by atoms with E-state index in [4.69, 9.17) is 9.47 Å². The Morgan fingerprint density at radius 1 is 1.12 bits per heavy atom. The molecule has 0 aliphatic carbocycles. The van der Waals surface area contributed by atoms with Crippen molar-refractivity contribution in [1.29, 1.82) is 0 Å². The lowest BCUT2D eigenvalue weighted by Crippen LogP contribution is -2.47. The molecule has 2 aromatic carbocycles. The molecule has 24 heavy (non-hydrogen) atoms. The van der Waals surface area contributed by atoms with Gasteiger partial charge in [-0.05, 0) is 43.3 Å². The zero-order valence-electron chi connectivity index (χ0n) is 13.5. The molecule has 1 N–H and O–H groups in total. The van der Waals surface area contributed by atoms with Crippen LogP contribution in [0.15, 0.2) is 48.5 Å². The normalized spacial score (nSPS) is 14.4.